The van der Waals surface area contributed by atoms with Gasteiger partial charge in [0.1, 0.15) is 0 Å². The standard InChI is InChI=1S/C17H19N3OS/c1-13(21)18-17-19-16(12-22-17)15-8-5-9-20(11-15)10-14-6-3-2-4-7-14/h2-4,6-8,12H,5,9-11H2,1H3,(H,18,19,21). The molecular formula is C17H19N3OS. The molecule has 0 fully saturated rings. The third kappa shape index (κ3) is 3.81. The Morgan fingerprint density at radius 1 is 1.36 bits per heavy atom. The molecule has 0 radical (unpaired) electrons. The molecular weight excluding hydrogens is 294 g/mol. The minimum atomic E-state index is -0.0794. The molecule has 0 spiro atoms. The van der Waals surface area contributed by atoms with Gasteiger partial charge in [-0.15, -0.1) is 11.3 Å². The molecule has 0 saturated heterocycles. The summed E-state index contributed by atoms with van der Waals surface area (Å²) in [7, 11) is 0. The molecule has 5 heteroatoms. The summed E-state index contributed by atoms with van der Waals surface area (Å²) in [5, 5.41) is 5.43. The van der Waals surface area contributed by atoms with Gasteiger partial charge in [0.05, 0.1) is 5.69 Å². The van der Waals surface area contributed by atoms with Crippen LogP contribution in [0, 0.1) is 0 Å². The second-order valence-corrected chi connectivity index (χ2v) is 6.29. The molecule has 0 atom stereocenters. The summed E-state index contributed by atoms with van der Waals surface area (Å²) in [4.78, 5) is 18.0. The van der Waals surface area contributed by atoms with E-state index in [0.717, 1.165) is 31.7 Å². The predicted octanol–water partition coefficient (Wildman–Crippen LogP) is 3.39. The highest BCUT2D eigenvalue weighted by molar-refractivity contribution is 7.14. The van der Waals surface area contributed by atoms with Gasteiger partial charge in [-0.1, -0.05) is 36.4 Å². The summed E-state index contributed by atoms with van der Waals surface area (Å²) in [5.74, 6) is -0.0794. The lowest BCUT2D eigenvalue weighted by Crippen LogP contribution is -2.29. The maximum atomic E-state index is 11.1. The molecule has 1 aliphatic heterocycles. The largest absolute Gasteiger partial charge is 0.302 e. The van der Waals surface area contributed by atoms with Crippen molar-refractivity contribution < 1.29 is 4.79 Å². The van der Waals surface area contributed by atoms with E-state index in [9.17, 15) is 4.79 Å². The number of carbonyl (C=O) groups is 1. The number of hydrogen-bond acceptors (Lipinski definition) is 4. The molecule has 1 aromatic heterocycles. The van der Waals surface area contributed by atoms with Crippen LogP contribution < -0.4 is 5.32 Å². The van der Waals surface area contributed by atoms with Crippen LogP contribution >= 0.6 is 11.3 Å². The summed E-state index contributed by atoms with van der Waals surface area (Å²) in [6.07, 6.45) is 3.29. The summed E-state index contributed by atoms with van der Waals surface area (Å²) in [6.45, 7) is 4.43. The second-order valence-electron chi connectivity index (χ2n) is 5.43. The van der Waals surface area contributed by atoms with Gasteiger partial charge >= 0.3 is 0 Å². The maximum Gasteiger partial charge on any atom is 0.223 e. The Hall–Kier alpha value is -1.98. The first-order valence-electron chi connectivity index (χ1n) is 7.39. The zero-order valence-corrected chi connectivity index (χ0v) is 13.4. The van der Waals surface area contributed by atoms with E-state index in [-0.39, 0.29) is 5.91 Å². The molecule has 1 amide bonds. The van der Waals surface area contributed by atoms with Crippen LogP contribution in [0.3, 0.4) is 0 Å². The fraction of sp³-hybridized carbons (Fsp3) is 0.294. The van der Waals surface area contributed by atoms with Crippen molar-refractivity contribution in [3.8, 4) is 0 Å². The van der Waals surface area contributed by atoms with Gasteiger partial charge in [0.25, 0.3) is 0 Å². The Morgan fingerprint density at radius 3 is 2.95 bits per heavy atom. The van der Waals surface area contributed by atoms with Gasteiger partial charge < -0.3 is 5.32 Å². The number of aromatic nitrogens is 1. The van der Waals surface area contributed by atoms with E-state index < -0.39 is 0 Å². The van der Waals surface area contributed by atoms with Crippen molar-refractivity contribution in [3.63, 3.8) is 0 Å². The molecule has 114 valence electrons. The van der Waals surface area contributed by atoms with E-state index >= 15 is 0 Å². The molecule has 1 aliphatic rings. The molecule has 3 rings (SSSR count). The number of carbonyl (C=O) groups excluding carboxylic acids is 1. The van der Waals surface area contributed by atoms with Crippen molar-refractivity contribution in [3.05, 3.63) is 53.0 Å². The van der Waals surface area contributed by atoms with Crippen molar-refractivity contribution >= 4 is 27.9 Å². The van der Waals surface area contributed by atoms with Crippen molar-refractivity contribution in [1.82, 2.24) is 9.88 Å². The first-order valence-corrected chi connectivity index (χ1v) is 8.27. The van der Waals surface area contributed by atoms with Crippen molar-refractivity contribution in [2.45, 2.75) is 19.9 Å². The Morgan fingerprint density at radius 2 is 2.18 bits per heavy atom. The Labute approximate surface area is 134 Å². The van der Waals surface area contributed by atoms with Gasteiger partial charge in [-0.3, -0.25) is 9.69 Å². The molecule has 2 heterocycles. The van der Waals surface area contributed by atoms with E-state index in [1.165, 1.54) is 29.4 Å². The van der Waals surface area contributed by atoms with Crippen LogP contribution in [-0.2, 0) is 11.3 Å². The van der Waals surface area contributed by atoms with Gasteiger partial charge in [0.15, 0.2) is 5.13 Å². The molecule has 1 N–H and O–H groups in total. The highest BCUT2D eigenvalue weighted by atomic mass is 32.1. The van der Waals surface area contributed by atoms with Crippen LogP contribution in [0.1, 0.15) is 24.6 Å². The lowest BCUT2D eigenvalue weighted by molar-refractivity contribution is -0.114. The summed E-state index contributed by atoms with van der Waals surface area (Å²) in [5.41, 5.74) is 3.56. The summed E-state index contributed by atoms with van der Waals surface area (Å²) in [6, 6.07) is 10.5. The van der Waals surface area contributed by atoms with E-state index in [0.29, 0.717) is 5.13 Å². The fourth-order valence-corrected chi connectivity index (χ4v) is 3.38. The van der Waals surface area contributed by atoms with Crippen molar-refractivity contribution in [2.75, 3.05) is 18.4 Å². The Balaban J connectivity index is 1.66. The number of rotatable bonds is 4. The zero-order chi connectivity index (χ0) is 15.4. The molecule has 0 saturated carbocycles. The Bertz CT molecular complexity index is 678. The maximum absolute atomic E-state index is 11.1. The van der Waals surface area contributed by atoms with Crippen LogP contribution in [-0.4, -0.2) is 28.9 Å². The number of nitrogens with zero attached hydrogens (tertiary/aromatic N) is 2. The smallest absolute Gasteiger partial charge is 0.223 e. The van der Waals surface area contributed by atoms with E-state index in [4.69, 9.17) is 0 Å². The van der Waals surface area contributed by atoms with Crippen LogP contribution in [0.2, 0.25) is 0 Å². The number of anilines is 1. The molecule has 0 bridgehead atoms. The Kier molecular flexibility index (Phi) is 4.65. The van der Waals surface area contributed by atoms with Crippen molar-refractivity contribution in [1.29, 1.82) is 0 Å². The van der Waals surface area contributed by atoms with Crippen LogP contribution in [0.5, 0.6) is 0 Å². The van der Waals surface area contributed by atoms with E-state index in [2.05, 4.69) is 45.5 Å². The minimum Gasteiger partial charge on any atom is -0.302 e. The molecule has 2 aromatic rings. The highest BCUT2D eigenvalue weighted by Gasteiger charge is 2.16. The third-order valence-corrected chi connectivity index (χ3v) is 4.35. The number of nitrogens with one attached hydrogen (secondary N) is 1. The van der Waals surface area contributed by atoms with Crippen LogP contribution in [0.15, 0.2) is 41.8 Å². The third-order valence-electron chi connectivity index (χ3n) is 3.60. The van der Waals surface area contributed by atoms with E-state index in [1.54, 1.807) is 0 Å². The molecule has 4 nitrogen and oxygen atoms in total. The average Bonchev–Trinajstić information content (AvgIpc) is 2.96. The first-order chi connectivity index (χ1) is 10.7. The molecule has 0 unspecified atom stereocenters. The highest BCUT2D eigenvalue weighted by Crippen LogP contribution is 2.25. The summed E-state index contributed by atoms with van der Waals surface area (Å²) >= 11 is 1.47. The minimum absolute atomic E-state index is 0.0794. The second kappa shape index (κ2) is 6.85. The summed E-state index contributed by atoms with van der Waals surface area (Å²) < 4.78 is 0. The van der Waals surface area contributed by atoms with Crippen LogP contribution in [0.4, 0.5) is 5.13 Å². The SMILES string of the molecule is CC(=O)Nc1nc(C2=CCCN(Cc3ccccc3)C2)cs1. The van der Waals surface area contributed by atoms with Gasteiger partial charge in [-0.05, 0) is 17.6 Å². The molecule has 1 aromatic carbocycles. The van der Waals surface area contributed by atoms with Gasteiger partial charge in [-0.25, -0.2) is 4.98 Å². The molecule has 22 heavy (non-hydrogen) atoms. The normalized spacial score (nSPS) is 15.4. The van der Waals surface area contributed by atoms with Gasteiger partial charge in [0, 0.05) is 31.9 Å². The number of hydrogen-bond donors (Lipinski definition) is 1. The average molecular weight is 313 g/mol. The number of thiazole rings is 1. The van der Waals surface area contributed by atoms with Gasteiger partial charge in [-0.2, -0.15) is 0 Å². The monoisotopic (exact) mass is 313 g/mol. The van der Waals surface area contributed by atoms with E-state index in [1.807, 2.05) is 11.4 Å². The van der Waals surface area contributed by atoms with Gasteiger partial charge in [0.2, 0.25) is 5.91 Å². The molecule has 0 aliphatic carbocycles. The quantitative estimate of drug-likeness (QED) is 0.941. The lowest BCUT2D eigenvalue weighted by atomic mass is 10.1. The number of benzene rings is 1. The topological polar surface area (TPSA) is 45.2 Å². The zero-order valence-electron chi connectivity index (χ0n) is 12.6. The number of amides is 1. The van der Waals surface area contributed by atoms with Crippen molar-refractivity contribution in [2.24, 2.45) is 0 Å². The predicted molar refractivity (Wildman–Crippen MR) is 90.7 cm³/mol. The first kappa shape index (κ1) is 14.9. The lowest BCUT2D eigenvalue weighted by Gasteiger charge is -2.26. The van der Waals surface area contributed by atoms with Crippen LogP contribution in [0.25, 0.3) is 5.57 Å². The fourth-order valence-electron chi connectivity index (χ4n) is 2.60.